The number of benzene rings is 2. The lowest BCUT2D eigenvalue weighted by molar-refractivity contribution is -0.143. The number of esters is 1. The minimum atomic E-state index is -4.56. The average molecular weight is 493 g/mol. The maximum absolute atomic E-state index is 14.8. The van der Waals surface area contributed by atoms with E-state index in [1.165, 1.54) is 12.1 Å². The molecule has 0 aliphatic heterocycles. The van der Waals surface area contributed by atoms with Gasteiger partial charge in [0, 0.05) is 17.3 Å². The molecule has 0 spiro atoms. The first-order valence-corrected chi connectivity index (χ1v) is 11.7. The third-order valence-corrected chi connectivity index (χ3v) is 6.01. The van der Waals surface area contributed by atoms with Crippen LogP contribution in [0.3, 0.4) is 0 Å². The molecule has 1 heterocycles. The van der Waals surface area contributed by atoms with Gasteiger partial charge < -0.3 is 19.2 Å². The van der Waals surface area contributed by atoms with Crippen molar-refractivity contribution >= 4 is 16.9 Å². The molecule has 1 fully saturated rings. The van der Waals surface area contributed by atoms with Crippen molar-refractivity contribution in [1.82, 2.24) is 4.98 Å². The minimum absolute atomic E-state index is 0.0446. The van der Waals surface area contributed by atoms with Crippen LogP contribution in [0, 0.1) is 5.82 Å². The molecule has 9 heteroatoms. The van der Waals surface area contributed by atoms with Crippen molar-refractivity contribution in [3.05, 3.63) is 59.0 Å². The number of halogens is 4. The van der Waals surface area contributed by atoms with Gasteiger partial charge in [-0.2, -0.15) is 13.2 Å². The molecule has 0 saturated heterocycles. The van der Waals surface area contributed by atoms with Crippen LogP contribution in [0.25, 0.3) is 10.9 Å². The molecule has 1 aromatic heterocycles. The highest BCUT2D eigenvalue weighted by Gasteiger charge is 2.35. The highest BCUT2D eigenvalue weighted by Crippen LogP contribution is 2.38. The molecule has 0 amide bonds. The summed E-state index contributed by atoms with van der Waals surface area (Å²) in [7, 11) is 0. The Morgan fingerprint density at radius 3 is 2.60 bits per heavy atom. The number of alkyl halides is 3. The molecule has 1 saturated carbocycles. The zero-order valence-corrected chi connectivity index (χ0v) is 19.3. The summed E-state index contributed by atoms with van der Waals surface area (Å²) in [5, 5.41) is 0.276. The molecule has 2 aromatic carbocycles. The molecule has 5 nitrogen and oxygen atoms in total. The summed E-state index contributed by atoms with van der Waals surface area (Å²) in [5.41, 5.74) is 0.295. The lowest BCUT2D eigenvalue weighted by Crippen LogP contribution is -2.16. The fraction of sp³-hybridized carbons (Fsp3) is 0.423. The first kappa shape index (κ1) is 24.9. The Labute approximate surface area is 200 Å². The lowest BCUT2D eigenvalue weighted by atomic mass is 10.1. The van der Waals surface area contributed by atoms with E-state index >= 15 is 0 Å². The number of aromatic amines is 1. The van der Waals surface area contributed by atoms with E-state index in [0.29, 0.717) is 16.8 Å². The number of carbonyl (C=O) groups is 1. The average Bonchev–Trinajstić information content (AvgIpc) is 3.44. The van der Waals surface area contributed by atoms with E-state index in [4.69, 9.17) is 14.2 Å². The Kier molecular flexibility index (Phi) is 7.52. The molecule has 4 rings (SSSR count). The molecule has 188 valence electrons. The molecule has 0 bridgehead atoms. The van der Waals surface area contributed by atoms with Gasteiger partial charge in [0.15, 0.2) is 5.82 Å². The zero-order chi connectivity index (χ0) is 25.0. The number of hydrogen-bond acceptors (Lipinski definition) is 4. The van der Waals surface area contributed by atoms with Crippen molar-refractivity contribution in [2.75, 3.05) is 6.61 Å². The number of hydrogen-bond donors (Lipinski definition) is 1. The molecule has 3 aromatic rings. The van der Waals surface area contributed by atoms with Crippen molar-refractivity contribution in [3.63, 3.8) is 0 Å². The van der Waals surface area contributed by atoms with E-state index in [2.05, 4.69) is 4.98 Å². The van der Waals surface area contributed by atoms with Crippen molar-refractivity contribution in [3.8, 4) is 11.5 Å². The molecule has 1 aliphatic rings. The Bertz CT molecular complexity index is 1180. The monoisotopic (exact) mass is 493 g/mol. The number of aromatic nitrogens is 1. The van der Waals surface area contributed by atoms with Crippen LogP contribution in [0.2, 0.25) is 0 Å². The van der Waals surface area contributed by atoms with Crippen LogP contribution in [0.5, 0.6) is 11.5 Å². The summed E-state index contributed by atoms with van der Waals surface area (Å²) in [4.78, 5) is 14.5. The molecule has 0 atom stereocenters. The molecular weight excluding hydrogens is 466 g/mol. The van der Waals surface area contributed by atoms with Crippen molar-refractivity contribution < 1.29 is 36.6 Å². The number of nitrogens with one attached hydrogen (secondary N) is 1. The molecule has 0 radical (unpaired) electrons. The summed E-state index contributed by atoms with van der Waals surface area (Å²) in [6.45, 7) is 1.83. The van der Waals surface area contributed by atoms with Crippen LogP contribution in [0.4, 0.5) is 17.6 Å². The molecule has 35 heavy (non-hydrogen) atoms. The predicted octanol–water partition coefficient (Wildman–Crippen LogP) is 6.72. The predicted molar refractivity (Wildman–Crippen MR) is 122 cm³/mol. The standard InChI is InChI=1S/C26H27F4NO4/c1-2-33-24(32)12-10-22-25(27)19-14-18(8-9-21(19)31-22)34-15-16-7-11-23(20(13-16)26(28,29)30)35-17-5-3-4-6-17/h7-9,11,13-14,17,31H,2-6,10,12,15H2,1H3. The number of aryl methyl sites for hydroxylation is 1. The van der Waals surface area contributed by atoms with Crippen LogP contribution in [0.1, 0.15) is 55.8 Å². The second kappa shape index (κ2) is 10.6. The van der Waals surface area contributed by atoms with E-state index in [1.807, 2.05) is 0 Å². The number of carbonyl (C=O) groups excluding carboxylic acids is 1. The maximum Gasteiger partial charge on any atom is 0.419 e. The van der Waals surface area contributed by atoms with Crippen LogP contribution in [-0.2, 0) is 28.7 Å². The quantitative estimate of drug-likeness (QED) is 0.266. The van der Waals surface area contributed by atoms with Crippen molar-refractivity contribution in [1.29, 1.82) is 0 Å². The van der Waals surface area contributed by atoms with Crippen molar-refractivity contribution in [2.24, 2.45) is 0 Å². The second-order valence-corrected chi connectivity index (χ2v) is 8.57. The number of H-pyrrole nitrogens is 1. The van der Waals surface area contributed by atoms with E-state index in [9.17, 15) is 22.4 Å². The Hall–Kier alpha value is -3.23. The van der Waals surface area contributed by atoms with Crippen LogP contribution in [0.15, 0.2) is 36.4 Å². The molecular formula is C26H27F4NO4. The summed E-state index contributed by atoms with van der Waals surface area (Å²) < 4.78 is 71.9. The first-order chi connectivity index (χ1) is 16.7. The van der Waals surface area contributed by atoms with E-state index in [1.54, 1.807) is 25.1 Å². The topological polar surface area (TPSA) is 60.6 Å². The molecule has 1 aliphatic carbocycles. The Morgan fingerprint density at radius 1 is 1.11 bits per heavy atom. The molecule has 1 N–H and O–H groups in total. The minimum Gasteiger partial charge on any atom is -0.490 e. The number of rotatable bonds is 9. The van der Waals surface area contributed by atoms with Gasteiger partial charge in [-0.25, -0.2) is 4.39 Å². The largest absolute Gasteiger partial charge is 0.490 e. The SMILES string of the molecule is CCOC(=O)CCc1[nH]c2ccc(OCc3ccc(OC4CCCC4)c(C(F)(F)F)c3)cc2c1F. The summed E-state index contributed by atoms with van der Waals surface area (Å²) >= 11 is 0. The highest BCUT2D eigenvalue weighted by atomic mass is 19.4. The van der Waals surface area contributed by atoms with Gasteiger partial charge in [-0.05, 0) is 68.5 Å². The fourth-order valence-electron chi connectivity index (χ4n) is 4.26. The van der Waals surface area contributed by atoms with Crippen LogP contribution < -0.4 is 9.47 Å². The van der Waals surface area contributed by atoms with Gasteiger partial charge in [-0.1, -0.05) is 6.07 Å². The van der Waals surface area contributed by atoms with Gasteiger partial charge in [-0.15, -0.1) is 0 Å². The van der Waals surface area contributed by atoms with Crippen LogP contribution in [-0.4, -0.2) is 23.7 Å². The summed E-state index contributed by atoms with van der Waals surface area (Å²) in [6, 6.07) is 8.63. The fourth-order valence-corrected chi connectivity index (χ4v) is 4.26. The summed E-state index contributed by atoms with van der Waals surface area (Å²) in [5.74, 6) is -0.763. The van der Waals surface area contributed by atoms with E-state index < -0.39 is 23.5 Å². The zero-order valence-electron chi connectivity index (χ0n) is 19.3. The van der Waals surface area contributed by atoms with E-state index in [0.717, 1.165) is 31.7 Å². The van der Waals surface area contributed by atoms with Crippen molar-refractivity contribution in [2.45, 2.75) is 64.3 Å². The smallest absolute Gasteiger partial charge is 0.419 e. The third kappa shape index (κ3) is 6.07. The number of fused-ring (bicyclic) bond motifs is 1. The Balaban J connectivity index is 1.46. The van der Waals surface area contributed by atoms with Gasteiger partial charge in [0.05, 0.1) is 30.4 Å². The van der Waals surface area contributed by atoms with Gasteiger partial charge >= 0.3 is 12.1 Å². The first-order valence-electron chi connectivity index (χ1n) is 11.7. The second-order valence-electron chi connectivity index (χ2n) is 8.57. The lowest BCUT2D eigenvalue weighted by Gasteiger charge is -2.19. The molecule has 0 unspecified atom stereocenters. The normalized spacial score (nSPS) is 14.4. The van der Waals surface area contributed by atoms with E-state index in [-0.39, 0.29) is 49.0 Å². The van der Waals surface area contributed by atoms with Gasteiger partial charge in [0.1, 0.15) is 18.1 Å². The Morgan fingerprint density at radius 2 is 1.89 bits per heavy atom. The van der Waals surface area contributed by atoms with Gasteiger partial charge in [-0.3, -0.25) is 4.79 Å². The highest BCUT2D eigenvalue weighted by molar-refractivity contribution is 5.83. The third-order valence-electron chi connectivity index (χ3n) is 6.01. The van der Waals surface area contributed by atoms with Gasteiger partial charge in [0.25, 0.3) is 0 Å². The maximum atomic E-state index is 14.8. The summed E-state index contributed by atoms with van der Waals surface area (Å²) in [6.07, 6.45) is -1.13. The van der Waals surface area contributed by atoms with Gasteiger partial charge in [0.2, 0.25) is 0 Å². The number of ether oxygens (including phenoxy) is 3. The van der Waals surface area contributed by atoms with Crippen LogP contribution >= 0.6 is 0 Å².